The Bertz CT molecular complexity index is 662. The van der Waals surface area contributed by atoms with E-state index >= 15 is 0 Å². The Labute approximate surface area is 116 Å². The summed E-state index contributed by atoms with van der Waals surface area (Å²) in [6.45, 7) is 0. The highest BCUT2D eigenvalue weighted by atomic mass is 19.2. The Morgan fingerprint density at radius 1 is 0.714 bits per heavy atom. The van der Waals surface area contributed by atoms with E-state index in [4.69, 9.17) is 0 Å². The number of hydrogen-bond acceptors (Lipinski definition) is 1. The lowest BCUT2D eigenvalue weighted by Gasteiger charge is -2.18. The maximum Gasteiger partial charge on any atom is 0.194 e. The van der Waals surface area contributed by atoms with Crippen molar-refractivity contribution in [2.75, 3.05) is 7.05 Å². The van der Waals surface area contributed by atoms with E-state index in [0.29, 0.717) is 24.3 Å². The van der Waals surface area contributed by atoms with Gasteiger partial charge in [-0.3, -0.25) is 0 Å². The van der Waals surface area contributed by atoms with E-state index in [-0.39, 0.29) is 11.1 Å². The fourth-order valence-corrected chi connectivity index (χ4v) is 2.00. The Hall–Kier alpha value is -2.02. The van der Waals surface area contributed by atoms with Crippen molar-refractivity contribution in [3.63, 3.8) is 0 Å². The predicted molar refractivity (Wildman–Crippen MR) is 63.5 cm³/mol. The largest absolute Gasteiger partial charge is 0.309 e. The van der Waals surface area contributed by atoms with Crippen LogP contribution in [0.1, 0.15) is 17.2 Å². The Morgan fingerprint density at radius 3 is 1.76 bits per heavy atom. The molecule has 0 aliphatic carbocycles. The molecule has 7 heteroatoms. The van der Waals surface area contributed by atoms with Gasteiger partial charge in [0.1, 0.15) is 5.82 Å². The van der Waals surface area contributed by atoms with Gasteiger partial charge in [-0.1, -0.05) is 0 Å². The minimum absolute atomic E-state index is 0.168. The van der Waals surface area contributed by atoms with Crippen LogP contribution in [0.25, 0.3) is 0 Å². The van der Waals surface area contributed by atoms with Gasteiger partial charge in [-0.05, 0) is 30.8 Å². The summed E-state index contributed by atoms with van der Waals surface area (Å²) in [5.41, 5.74) is -0.527. The Kier molecular flexibility index (Phi) is 4.22. The van der Waals surface area contributed by atoms with E-state index < -0.39 is 40.9 Å². The molecule has 0 fully saturated rings. The van der Waals surface area contributed by atoms with Crippen LogP contribution in [-0.4, -0.2) is 7.05 Å². The molecule has 112 valence electrons. The molecule has 0 spiro atoms. The number of nitrogens with one attached hydrogen (secondary N) is 1. The normalized spacial score (nSPS) is 12.5. The van der Waals surface area contributed by atoms with Gasteiger partial charge in [-0.25, -0.2) is 26.3 Å². The average Bonchev–Trinajstić information content (AvgIpc) is 2.42. The minimum atomic E-state index is -1.67. The molecular weight excluding hydrogens is 296 g/mol. The summed E-state index contributed by atoms with van der Waals surface area (Å²) in [6.07, 6.45) is 0. The van der Waals surface area contributed by atoms with Gasteiger partial charge in [0.2, 0.25) is 0 Å². The molecule has 0 amide bonds. The van der Waals surface area contributed by atoms with Crippen molar-refractivity contribution in [1.29, 1.82) is 0 Å². The van der Waals surface area contributed by atoms with Crippen molar-refractivity contribution in [3.05, 3.63) is 70.3 Å². The highest BCUT2D eigenvalue weighted by Gasteiger charge is 2.22. The molecule has 0 aromatic heterocycles. The quantitative estimate of drug-likeness (QED) is 0.516. The molecule has 0 aliphatic rings. The van der Waals surface area contributed by atoms with Crippen molar-refractivity contribution < 1.29 is 26.3 Å². The lowest BCUT2D eigenvalue weighted by atomic mass is 9.97. The van der Waals surface area contributed by atoms with E-state index in [1.165, 1.54) is 7.05 Å². The fourth-order valence-electron chi connectivity index (χ4n) is 2.00. The third-order valence-corrected chi connectivity index (χ3v) is 2.98. The highest BCUT2D eigenvalue weighted by molar-refractivity contribution is 5.34. The van der Waals surface area contributed by atoms with Crippen molar-refractivity contribution in [3.8, 4) is 0 Å². The monoisotopic (exact) mass is 305 g/mol. The SMILES string of the molecule is CNC(c1cc(F)c(F)c(F)c1)c1cc(F)c(F)cc1F. The van der Waals surface area contributed by atoms with Crippen LogP contribution in [-0.2, 0) is 0 Å². The highest BCUT2D eigenvalue weighted by Crippen LogP contribution is 2.28. The molecule has 0 heterocycles. The Morgan fingerprint density at radius 2 is 1.24 bits per heavy atom. The van der Waals surface area contributed by atoms with Crippen LogP contribution in [0.2, 0.25) is 0 Å². The zero-order valence-corrected chi connectivity index (χ0v) is 10.7. The molecule has 1 unspecified atom stereocenters. The smallest absolute Gasteiger partial charge is 0.194 e. The molecule has 0 saturated heterocycles. The molecular formula is C14H9F6N. The molecule has 21 heavy (non-hydrogen) atoms. The van der Waals surface area contributed by atoms with Crippen LogP contribution < -0.4 is 5.32 Å². The second-order valence-electron chi connectivity index (χ2n) is 4.31. The summed E-state index contributed by atoms with van der Waals surface area (Å²) < 4.78 is 79.2. The first-order chi connectivity index (χ1) is 9.85. The lowest BCUT2D eigenvalue weighted by Crippen LogP contribution is -2.20. The first-order valence-electron chi connectivity index (χ1n) is 5.81. The van der Waals surface area contributed by atoms with E-state index in [2.05, 4.69) is 5.32 Å². The maximum absolute atomic E-state index is 13.7. The topological polar surface area (TPSA) is 12.0 Å². The Balaban J connectivity index is 2.57. The molecule has 2 aromatic rings. The second kappa shape index (κ2) is 5.77. The fraction of sp³-hybridized carbons (Fsp3) is 0.143. The van der Waals surface area contributed by atoms with Gasteiger partial charge >= 0.3 is 0 Å². The third kappa shape index (κ3) is 2.87. The van der Waals surface area contributed by atoms with Crippen LogP contribution in [0.3, 0.4) is 0 Å². The molecule has 1 nitrogen and oxygen atoms in total. The van der Waals surface area contributed by atoms with Crippen LogP contribution >= 0.6 is 0 Å². The second-order valence-corrected chi connectivity index (χ2v) is 4.31. The molecule has 1 N–H and O–H groups in total. The van der Waals surface area contributed by atoms with Gasteiger partial charge in [-0.2, -0.15) is 0 Å². The number of halogens is 6. The summed E-state index contributed by atoms with van der Waals surface area (Å²) >= 11 is 0. The van der Waals surface area contributed by atoms with Crippen LogP contribution in [0.15, 0.2) is 24.3 Å². The van der Waals surface area contributed by atoms with E-state index in [9.17, 15) is 26.3 Å². The zero-order chi connectivity index (χ0) is 15.7. The maximum atomic E-state index is 13.7. The number of rotatable bonds is 3. The van der Waals surface area contributed by atoms with Gasteiger partial charge < -0.3 is 5.32 Å². The number of hydrogen-bond donors (Lipinski definition) is 1. The summed E-state index contributed by atoms with van der Waals surface area (Å²) in [6, 6.07) is 1.03. The van der Waals surface area contributed by atoms with E-state index in [1.807, 2.05) is 0 Å². The van der Waals surface area contributed by atoms with E-state index in [1.54, 1.807) is 0 Å². The molecule has 2 rings (SSSR count). The molecule has 0 saturated carbocycles. The van der Waals surface area contributed by atoms with Crippen molar-refractivity contribution in [2.45, 2.75) is 6.04 Å². The molecule has 0 aliphatic heterocycles. The molecule has 0 bridgehead atoms. The molecule has 2 aromatic carbocycles. The number of benzene rings is 2. The summed E-state index contributed by atoms with van der Waals surface area (Å²) in [4.78, 5) is 0. The van der Waals surface area contributed by atoms with Gasteiger partial charge in [0.05, 0.1) is 6.04 Å². The van der Waals surface area contributed by atoms with E-state index in [0.717, 1.165) is 0 Å². The van der Waals surface area contributed by atoms with Gasteiger partial charge in [0.15, 0.2) is 29.1 Å². The summed E-state index contributed by atoms with van der Waals surface area (Å²) in [5.74, 6) is -8.39. The van der Waals surface area contributed by atoms with Crippen LogP contribution in [0, 0.1) is 34.9 Å². The first-order valence-corrected chi connectivity index (χ1v) is 5.81. The van der Waals surface area contributed by atoms with Crippen molar-refractivity contribution >= 4 is 0 Å². The van der Waals surface area contributed by atoms with Crippen LogP contribution in [0.5, 0.6) is 0 Å². The van der Waals surface area contributed by atoms with Crippen LogP contribution in [0.4, 0.5) is 26.3 Å². The lowest BCUT2D eigenvalue weighted by molar-refractivity contribution is 0.442. The average molecular weight is 305 g/mol. The predicted octanol–water partition coefficient (Wildman–Crippen LogP) is 3.83. The summed E-state index contributed by atoms with van der Waals surface area (Å²) in [7, 11) is 1.32. The zero-order valence-electron chi connectivity index (χ0n) is 10.7. The minimum Gasteiger partial charge on any atom is -0.309 e. The van der Waals surface area contributed by atoms with Gasteiger partial charge in [0.25, 0.3) is 0 Å². The van der Waals surface area contributed by atoms with Gasteiger partial charge in [-0.15, -0.1) is 0 Å². The first kappa shape index (κ1) is 15.4. The van der Waals surface area contributed by atoms with Crippen molar-refractivity contribution in [2.24, 2.45) is 0 Å². The summed E-state index contributed by atoms with van der Waals surface area (Å²) in [5, 5.41) is 2.51. The molecule has 0 radical (unpaired) electrons. The molecule has 1 atom stereocenters. The standard InChI is InChI=1S/C14H9F6N/c1-21-14(6-2-11(18)13(20)12(19)3-6)7-4-9(16)10(17)5-8(7)15/h2-5,14,21H,1H3. The third-order valence-electron chi connectivity index (χ3n) is 2.98. The van der Waals surface area contributed by atoms with Gasteiger partial charge in [0, 0.05) is 11.6 Å². The van der Waals surface area contributed by atoms with Crippen molar-refractivity contribution in [1.82, 2.24) is 5.32 Å².